The molecule has 0 aliphatic carbocycles. The summed E-state index contributed by atoms with van der Waals surface area (Å²) >= 11 is 0. The number of hydrogen-bond donors (Lipinski definition) is 1. The van der Waals surface area contributed by atoms with Crippen molar-refractivity contribution in [2.24, 2.45) is 5.92 Å². The highest BCUT2D eigenvalue weighted by atomic mass is 16.2. The van der Waals surface area contributed by atoms with E-state index in [4.69, 9.17) is 0 Å². The molecule has 1 atom stereocenters. The summed E-state index contributed by atoms with van der Waals surface area (Å²) < 4.78 is 0. The topological polar surface area (TPSA) is 52.7 Å². The molecule has 0 bridgehead atoms. The fourth-order valence-corrected chi connectivity index (χ4v) is 3.03. The summed E-state index contributed by atoms with van der Waals surface area (Å²) in [6.45, 7) is 6.61. The molecule has 2 fully saturated rings. The van der Waals surface area contributed by atoms with Crippen molar-refractivity contribution >= 4 is 11.8 Å². The van der Waals surface area contributed by atoms with Gasteiger partial charge in [-0.2, -0.15) is 0 Å². The third-order valence-electron chi connectivity index (χ3n) is 4.52. The van der Waals surface area contributed by atoms with E-state index >= 15 is 0 Å². The van der Waals surface area contributed by atoms with Crippen LogP contribution in [0.2, 0.25) is 0 Å². The standard InChI is InChI=1S/C15H27N3O2/c1-2-13-4-5-14(19)18(10-6-13)12-15(20)17-9-3-7-16-8-11-17/h13,16H,2-12H2,1H3. The Hall–Kier alpha value is -1.10. The predicted octanol–water partition coefficient (Wildman–Crippen LogP) is 0.847. The van der Waals surface area contributed by atoms with E-state index < -0.39 is 0 Å². The molecule has 2 amide bonds. The minimum Gasteiger partial charge on any atom is -0.340 e. The van der Waals surface area contributed by atoms with E-state index in [0.717, 1.165) is 58.4 Å². The van der Waals surface area contributed by atoms with Crippen molar-refractivity contribution < 1.29 is 9.59 Å². The average molecular weight is 281 g/mol. The molecule has 1 unspecified atom stereocenters. The highest BCUT2D eigenvalue weighted by Crippen LogP contribution is 2.21. The Morgan fingerprint density at radius 2 is 2.10 bits per heavy atom. The maximum absolute atomic E-state index is 12.3. The van der Waals surface area contributed by atoms with Gasteiger partial charge in [0.2, 0.25) is 11.8 Å². The molecule has 2 heterocycles. The number of hydrogen-bond acceptors (Lipinski definition) is 3. The minimum atomic E-state index is 0.108. The van der Waals surface area contributed by atoms with Gasteiger partial charge < -0.3 is 15.1 Å². The summed E-state index contributed by atoms with van der Waals surface area (Å²) in [5, 5.41) is 3.29. The fourth-order valence-electron chi connectivity index (χ4n) is 3.03. The van der Waals surface area contributed by atoms with Gasteiger partial charge in [-0.25, -0.2) is 0 Å². The molecule has 20 heavy (non-hydrogen) atoms. The Kier molecular flexibility index (Phi) is 5.83. The SMILES string of the molecule is CCC1CCC(=O)N(CC(=O)N2CCCNCC2)CC1. The van der Waals surface area contributed by atoms with Crippen LogP contribution in [0.3, 0.4) is 0 Å². The zero-order chi connectivity index (χ0) is 14.4. The lowest BCUT2D eigenvalue weighted by atomic mass is 9.98. The van der Waals surface area contributed by atoms with Gasteiger partial charge in [0.05, 0.1) is 6.54 Å². The van der Waals surface area contributed by atoms with Crippen LogP contribution < -0.4 is 5.32 Å². The van der Waals surface area contributed by atoms with Crippen LogP contribution in [0.4, 0.5) is 0 Å². The van der Waals surface area contributed by atoms with Gasteiger partial charge in [-0.3, -0.25) is 9.59 Å². The molecule has 1 N–H and O–H groups in total. The first kappa shape index (κ1) is 15.3. The molecule has 2 aliphatic heterocycles. The first-order valence-electron chi connectivity index (χ1n) is 7.97. The molecule has 0 radical (unpaired) electrons. The summed E-state index contributed by atoms with van der Waals surface area (Å²) in [6, 6.07) is 0. The normalized spacial score (nSPS) is 25.2. The molecule has 114 valence electrons. The molecule has 2 aliphatic rings. The first-order chi connectivity index (χ1) is 9.70. The van der Waals surface area contributed by atoms with Crippen molar-refractivity contribution in [2.75, 3.05) is 39.3 Å². The summed E-state index contributed by atoms with van der Waals surface area (Å²) in [5.41, 5.74) is 0. The van der Waals surface area contributed by atoms with Crippen LogP contribution in [-0.2, 0) is 9.59 Å². The molecule has 0 saturated carbocycles. The Morgan fingerprint density at radius 1 is 1.25 bits per heavy atom. The predicted molar refractivity (Wildman–Crippen MR) is 78.3 cm³/mol. The Bertz CT molecular complexity index is 338. The van der Waals surface area contributed by atoms with Gasteiger partial charge in [-0.05, 0) is 31.7 Å². The molecule has 2 saturated heterocycles. The second-order valence-electron chi connectivity index (χ2n) is 5.90. The smallest absolute Gasteiger partial charge is 0.242 e. The molecule has 5 nitrogen and oxygen atoms in total. The lowest BCUT2D eigenvalue weighted by Gasteiger charge is -2.25. The van der Waals surface area contributed by atoms with Crippen molar-refractivity contribution in [3.05, 3.63) is 0 Å². The number of likely N-dealkylation sites (tertiary alicyclic amines) is 1. The van der Waals surface area contributed by atoms with E-state index in [-0.39, 0.29) is 18.4 Å². The summed E-state index contributed by atoms with van der Waals surface area (Å²) in [7, 11) is 0. The quantitative estimate of drug-likeness (QED) is 0.834. The Morgan fingerprint density at radius 3 is 2.90 bits per heavy atom. The van der Waals surface area contributed by atoms with E-state index in [1.165, 1.54) is 0 Å². The summed E-state index contributed by atoms with van der Waals surface area (Å²) in [6.07, 6.45) is 4.75. The largest absolute Gasteiger partial charge is 0.340 e. The van der Waals surface area contributed by atoms with Gasteiger partial charge in [-0.15, -0.1) is 0 Å². The molecule has 0 aromatic rings. The third kappa shape index (κ3) is 4.20. The van der Waals surface area contributed by atoms with Crippen LogP contribution in [0, 0.1) is 5.92 Å². The van der Waals surface area contributed by atoms with Crippen LogP contribution in [-0.4, -0.2) is 60.9 Å². The Labute approximate surface area is 121 Å². The van der Waals surface area contributed by atoms with Gasteiger partial charge >= 0.3 is 0 Å². The van der Waals surface area contributed by atoms with Crippen molar-refractivity contribution in [1.29, 1.82) is 0 Å². The number of amides is 2. The number of nitrogens with one attached hydrogen (secondary N) is 1. The first-order valence-corrected chi connectivity index (χ1v) is 7.97. The molecule has 5 heteroatoms. The van der Waals surface area contributed by atoms with Crippen LogP contribution in [0.5, 0.6) is 0 Å². The van der Waals surface area contributed by atoms with Gasteiger partial charge in [0, 0.05) is 32.6 Å². The Balaban J connectivity index is 1.87. The van der Waals surface area contributed by atoms with Crippen LogP contribution in [0.1, 0.15) is 39.0 Å². The lowest BCUT2D eigenvalue weighted by molar-refractivity contribution is -0.140. The second kappa shape index (κ2) is 7.62. The van der Waals surface area contributed by atoms with Gasteiger partial charge in [0.15, 0.2) is 0 Å². The van der Waals surface area contributed by atoms with Crippen molar-refractivity contribution in [1.82, 2.24) is 15.1 Å². The maximum Gasteiger partial charge on any atom is 0.242 e. The summed E-state index contributed by atoms with van der Waals surface area (Å²) in [4.78, 5) is 28.1. The van der Waals surface area contributed by atoms with Gasteiger partial charge in [-0.1, -0.05) is 13.3 Å². The monoisotopic (exact) mass is 281 g/mol. The number of carbonyl (C=O) groups excluding carboxylic acids is 2. The van der Waals surface area contributed by atoms with Gasteiger partial charge in [0.1, 0.15) is 0 Å². The average Bonchev–Trinajstić information content (AvgIpc) is 2.81. The van der Waals surface area contributed by atoms with Crippen molar-refractivity contribution in [3.63, 3.8) is 0 Å². The van der Waals surface area contributed by atoms with E-state index in [1.807, 2.05) is 4.90 Å². The van der Waals surface area contributed by atoms with E-state index in [9.17, 15) is 9.59 Å². The molecular weight excluding hydrogens is 254 g/mol. The van der Waals surface area contributed by atoms with E-state index in [1.54, 1.807) is 4.90 Å². The van der Waals surface area contributed by atoms with Crippen LogP contribution in [0.25, 0.3) is 0 Å². The highest BCUT2D eigenvalue weighted by Gasteiger charge is 2.25. The zero-order valence-electron chi connectivity index (χ0n) is 12.6. The van der Waals surface area contributed by atoms with Crippen molar-refractivity contribution in [2.45, 2.75) is 39.0 Å². The molecule has 2 rings (SSSR count). The molecule has 0 aromatic heterocycles. The number of carbonyl (C=O) groups is 2. The fraction of sp³-hybridized carbons (Fsp3) is 0.867. The zero-order valence-corrected chi connectivity index (χ0v) is 12.6. The van der Waals surface area contributed by atoms with Crippen molar-refractivity contribution in [3.8, 4) is 0 Å². The van der Waals surface area contributed by atoms with E-state index in [2.05, 4.69) is 12.2 Å². The second-order valence-corrected chi connectivity index (χ2v) is 5.90. The maximum atomic E-state index is 12.3. The van der Waals surface area contributed by atoms with E-state index in [0.29, 0.717) is 12.3 Å². The number of nitrogens with zero attached hydrogens (tertiary/aromatic N) is 2. The van der Waals surface area contributed by atoms with Gasteiger partial charge in [0.25, 0.3) is 0 Å². The molecular formula is C15H27N3O2. The lowest BCUT2D eigenvalue weighted by Crippen LogP contribution is -2.43. The summed E-state index contributed by atoms with van der Waals surface area (Å²) in [5.74, 6) is 0.903. The van der Waals surface area contributed by atoms with Crippen LogP contribution >= 0.6 is 0 Å². The molecule has 0 spiro atoms. The van der Waals surface area contributed by atoms with Crippen LogP contribution in [0.15, 0.2) is 0 Å². The highest BCUT2D eigenvalue weighted by molar-refractivity contribution is 5.85. The third-order valence-corrected chi connectivity index (χ3v) is 4.52. The molecule has 0 aromatic carbocycles. The minimum absolute atomic E-state index is 0.108. The number of rotatable bonds is 3.